The van der Waals surface area contributed by atoms with Gasteiger partial charge in [0.25, 0.3) is 0 Å². The Hall–Kier alpha value is -2.90. The molecule has 8 heteroatoms. The second kappa shape index (κ2) is 7.61. The Balaban J connectivity index is 1.54. The molecule has 2 aromatic rings. The van der Waals surface area contributed by atoms with Crippen LogP contribution in [0.4, 0.5) is 18.9 Å². The fraction of sp³-hybridized carbons (Fsp3) is 0.350. The van der Waals surface area contributed by atoms with Crippen molar-refractivity contribution >= 4 is 11.6 Å². The minimum absolute atomic E-state index is 0.126. The third kappa shape index (κ3) is 4.68. The minimum Gasteiger partial charge on any atom is -0.454 e. The van der Waals surface area contributed by atoms with Gasteiger partial charge in [0.1, 0.15) is 0 Å². The SMILES string of the molecule is CC(C)(CNC(=O)CNc1cccc(C(F)(F)F)c1)c1ccc2c(c1)OCO2. The molecule has 0 bridgehead atoms. The summed E-state index contributed by atoms with van der Waals surface area (Å²) in [6.45, 7) is 4.38. The maximum absolute atomic E-state index is 12.7. The molecule has 5 nitrogen and oxygen atoms in total. The molecule has 0 fully saturated rings. The van der Waals surface area contributed by atoms with E-state index in [1.165, 1.54) is 12.1 Å². The molecule has 1 aliphatic rings. The van der Waals surface area contributed by atoms with Crippen molar-refractivity contribution in [1.82, 2.24) is 5.32 Å². The van der Waals surface area contributed by atoms with Crippen LogP contribution in [0.15, 0.2) is 42.5 Å². The zero-order valence-corrected chi connectivity index (χ0v) is 15.5. The van der Waals surface area contributed by atoms with Crippen LogP contribution in [0.3, 0.4) is 0 Å². The third-order valence-corrected chi connectivity index (χ3v) is 4.52. The molecule has 0 saturated carbocycles. The number of alkyl halides is 3. The molecular weight excluding hydrogens is 373 g/mol. The van der Waals surface area contributed by atoms with Crippen LogP contribution in [0.25, 0.3) is 0 Å². The number of hydrogen-bond donors (Lipinski definition) is 2. The Morgan fingerprint density at radius 3 is 2.54 bits per heavy atom. The van der Waals surface area contributed by atoms with Gasteiger partial charge < -0.3 is 20.1 Å². The Morgan fingerprint density at radius 2 is 1.79 bits per heavy atom. The quantitative estimate of drug-likeness (QED) is 0.779. The van der Waals surface area contributed by atoms with Crippen LogP contribution in [0.2, 0.25) is 0 Å². The predicted octanol–water partition coefficient (Wildman–Crippen LogP) is 3.94. The van der Waals surface area contributed by atoms with Crippen molar-refractivity contribution in [1.29, 1.82) is 0 Å². The summed E-state index contributed by atoms with van der Waals surface area (Å²) in [6.07, 6.45) is -4.42. The van der Waals surface area contributed by atoms with Gasteiger partial charge in [-0.25, -0.2) is 0 Å². The van der Waals surface area contributed by atoms with E-state index in [1.54, 1.807) is 0 Å². The number of nitrogens with one attached hydrogen (secondary N) is 2. The number of carbonyl (C=O) groups excluding carboxylic acids is 1. The topological polar surface area (TPSA) is 59.6 Å². The number of hydrogen-bond acceptors (Lipinski definition) is 4. The van der Waals surface area contributed by atoms with E-state index in [0.29, 0.717) is 18.0 Å². The maximum atomic E-state index is 12.7. The van der Waals surface area contributed by atoms with Gasteiger partial charge in [0.15, 0.2) is 11.5 Å². The number of benzene rings is 2. The van der Waals surface area contributed by atoms with Gasteiger partial charge in [-0.2, -0.15) is 13.2 Å². The average Bonchev–Trinajstić information content (AvgIpc) is 3.12. The lowest BCUT2D eigenvalue weighted by Gasteiger charge is -2.26. The van der Waals surface area contributed by atoms with Gasteiger partial charge in [-0.05, 0) is 35.9 Å². The van der Waals surface area contributed by atoms with Crippen LogP contribution in [0, 0.1) is 0 Å². The molecule has 2 aromatic carbocycles. The van der Waals surface area contributed by atoms with Crippen molar-refractivity contribution in [2.24, 2.45) is 0 Å². The van der Waals surface area contributed by atoms with Gasteiger partial charge in [0, 0.05) is 17.6 Å². The number of fused-ring (bicyclic) bond motifs is 1. The van der Waals surface area contributed by atoms with Gasteiger partial charge in [-0.15, -0.1) is 0 Å². The first-order chi connectivity index (χ1) is 13.1. The van der Waals surface area contributed by atoms with Crippen LogP contribution >= 0.6 is 0 Å². The molecule has 1 heterocycles. The van der Waals surface area contributed by atoms with Crippen molar-refractivity contribution in [2.45, 2.75) is 25.4 Å². The van der Waals surface area contributed by atoms with E-state index in [0.717, 1.165) is 17.7 Å². The molecule has 0 radical (unpaired) electrons. The van der Waals surface area contributed by atoms with Gasteiger partial charge in [0.05, 0.1) is 12.1 Å². The summed E-state index contributed by atoms with van der Waals surface area (Å²) in [5.41, 5.74) is 0.0806. The molecular formula is C20H21F3N2O3. The number of carbonyl (C=O) groups is 1. The summed E-state index contributed by atoms with van der Waals surface area (Å²) in [4.78, 5) is 12.1. The molecule has 3 rings (SSSR count). The van der Waals surface area contributed by atoms with Gasteiger partial charge in [-0.3, -0.25) is 4.79 Å². The summed E-state index contributed by atoms with van der Waals surface area (Å²) >= 11 is 0. The van der Waals surface area contributed by atoms with Gasteiger partial charge in [-0.1, -0.05) is 26.0 Å². The minimum atomic E-state index is -4.42. The second-order valence-electron chi connectivity index (χ2n) is 7.16. The molecule has 1 aliphatic heterocycles. The lowest BCUT2D eigenvalue weighted by atomic mass is 9.84. The molecule has 0 aliphatic carbocycles. The first kappa shape index (κ1) is 19.9. The highest BCUT2D eigenvalue weighted by atomic mass is 19.4. The first-order valence-electron chi connectivity index (χ1n) is 8.73. The number of amides is 1. The molecule has 2 N–H and O–H groups in total. The zero-order valence-electron chi connectivity index (χ0n) is 15.5. The summed E-state index contributed by atoms with van der Waals surface area (Å²) in [5, 5.41) is 5.53. The Morgan fingerprint density at radius 1 is 1.04 bits per heavy atom. The van der Waals surface area contributed by atoms with E-state index >= 15 is 0 Å². The summed E-state index contributed by atoms with van der Waals surface area (Å²) in [6, 6.07) is 10.4. The third-order valence-electron chi connectivity index (χ3n) is 4.52. The van der Waals surface area contributed by atoms with E-state index in [-0.39, 0.29) is 30.3 Å². The number of halogens is 3. The second-order valence-corrected chi connectivity index (χ2v) is 7.16. The largest absolute Gasteiger partial charge is 0.454 e. The monoisotopic (exact) mass is 394 g/mol. The molecule has 0 aromatic heterocycles. The summed E-state index contributed by atoms with van der Waals surface area (Å²) in [5.74, 6) is 1.04. The maximum Gasteiger partial charge on any atom is 0.416 e. The van der Waals surface area contributed by atoms with Crippen LogP contribution in [0.1, 0.15) is 25.0 Å². The molecule has 0 spiro atoms. The van der Waals surface area contributed by atoms with E-state index in [9.17, 15) is 18.0 Å². The number of rotatable bonds is 6. The average molecular weight is 394 g/mol. The van der Waals surface area contributed by atoms with Crippen LogP contribution in [0.5, 0.6) is 11.5 Å². The van der Waals surface area contributed by atoms with Crippen molar-refractivity contribution in [3.8, 4) is 11.5 Å². The lowest BCUT2D eigenvalue weighted by molar-refractivity contribution is -0.137. The smallest absolute Gasteiger partial charge is 0.416 e. The number of anilines is 1. The Kier molecular flexibility index (Phi) is 5.40. The molecule has 0 atom stereocenters. The van der Waals surface area contributed by atoms with Crippen molar-refractivity contribution in [3.63, 3.8) is 0 Å². The molecule has 0 saturated heterocycles. The van der Waals surface area contributed by atoms with Gasteiger partial charge >= 0.3 is 6.18 Å². The molecule has 28 heavy (non-hydrogen) atoms. The predicted molar refractivity (Wildman–Crippen MR) is 98.5 cm³/mol. The van der Waals surface area contributed by atoms with Crippen LogP contribution < -0.4 is 20.1 Å². The van der Waals surface area contributed by atoms with E-state index in [4.69, 9.17) is 9.47 Å². The Labute approximate surface area is 160 Å². The standard InChI is InChI=1S/C20H21F3N2O3/c1-19(2,13-6-7-16-17(9-13)28-12-27-16)11-25-18(26)10-24-15-5-3-4-14(8-15)20(21,22)23/h3-9,24H,10-12H2,1-2H3,(H,25,26). The lowest BCUT2D eigenvalue weighted by Crippen LogP contribution is -2.39. The van der Waals surface area contributed by atoms with Crippen molar-refractivity contribution in [3.05, 3.63) is 53.6 Å². The fourth-order valence-electron chi connectivity index (χ4n) is 2.79. The molecule has 1 amide bonds. The summed E-state index contributed by atoms with van der Waals surface area (Å²) < 4.78 is 48.9. The van der Waals surface area contributed by atoms with Crippen LogP contribution in [-0.2, 0) is 16.4 Å². The first-order valence-corrected chi connectivity index (χ1v) is 8.73. The highest BCUT2D eigenvalue weighted by Crippen LogP contribution is 2.36. The van der Waals surface area contributed by atoms with E-state index in [1.807, 2.05) is 32.0 Å². The highest BCUT2D eigenvalue weighted by molar-refractivity contribution is 5.80. The highest BCUT2D eigenvalue weighted by Gasteiger charge is 2.30. The fourth-order valence-corrected chi connectivity index (χ4v) is 2.79. The Bertz CT molecular complexity index is 866. The van der Waals surface area contributed by atoms with Crippen molar-refractivity contribution in [2.75, 3.05) is 25.2 Å². The van der Waals surface area contributed by atoms with E-state index in [2.05, 4.69) is 10.6 Å². The summed E-state index contributed by atoms with van der Waals surface area (Å²) in [7, 11) is 0. The van der Waals surface area contributed by atoms with Gasteiger partial charge in [0.2, 0.25) is 12.7 Å². The number of ether oxygens (including phenoxy) is 2. The van der Waals surface area contributed by atoms with Crippen LogP contribution in [-0.4, -0.2) is 25.8 Å². The van der Waals surface area contributed by atoms with Crippen molar-refractivity contribution < 1.29 is 27.4 Å². The molecule has 150 valence electrons. The molecule has 0 unspecified atom stereocenters. The van der Waals surface area contributed by atoms with E-state index < -0.39 is 11.7 Å². The normalized spacial score (nSPS) is 13.3. The zero-order chi connectivity index (χ0) is 20.4.